The van der Waals surface area contributed by atoms with E-state index in [0.717, 1.165) is 0 Å². The summed E-state index contributed by atoms with van der Waals surface area (Å²) < 4.78 is 0. The maximum absolute atomic E-state index is 11.0. The van der Waals surface area contributed by atoms with Crippen LogP contribution < -0.4 is 16.8 Å². The Morgan fingerprint density at radius 3 is 2.83 bits per heavy atom. The molecule has 0 aliphatic carbocycles. The Bertz CT molecular complexity index is 205. The SMILES string of the molecule is NC(=O)[C@H]1CCNC(=O)[C@@H](N)C1. The summed E-state index contributed by atoms with van der Waals surface area (Å²) in [5, 5.41) is 2.61. The van der Waals surface area contributed by atoms with Crippen molar-refractivity contribution in [2.75, 3.05) is 6.54 Å². The van der Waals surface area contributed by atoms with Crippen molar-refractivity contribution < 1.29 is 9.59 Å². The van der Waals surface area contributed by atoms with Crippen LogP contribution in [0, 0.1) is 5.92 Å². The largest absolute Gasteiger partial charge is 0.369 e. The molecule has 0 radical (unpaired) electrons. The number of hydrogen-bond donors (Lipinski definition) is 3. The van der Waals surface area contributed by atoms with Gasteiger partial charge in [-0.15, -0.1) is 0 Å². The minimum Gasteiger partial charge on any atom is -0.369 e. The van der Waals surface area contributed by atoms with Crippen LogP contribution in [0.2, 0.25) is 0 Å². The first-order valence-corrected chi connectivity index (χ1v) is 3.94. The second-order valence-electron chi connectivity index (χ2n) is 3.02. The number of carbonyl (C=O) groups is 2. The van der Waals surface area contributed by atoms with Gasteiger partial charge in [0, 0.05) is 12.5 Å². The molecule has 1 rings (SSSR count). The van der Waals surface area contributed by atoms with Gasteiger partial charge in [-0.05, 0) is 12.8 Å². The van der Waals surface area contributed by atoms with E-state index >= 15 is 0 Å². The molecule has 1 saturated heterocycles. The number of primary amides is 1. The monoisotopic (exact) mass is 171 g/mol. The molecule has 0 spiro atoms. The highest BCUT2D eigenvalue weighted by atomic mass is 16.2. The Morgan fingerprint density at radius 1 is 1.58 bits per heavy atom. The Morgan fingerprint density at radius 2 is 2.25 bits per heavy atom. The van der Waals surface area contributed by atoms with Gasteiger partial charge < -0.3 is 16.8 Å². The lowest BCUT2D eigenvalue weighted by atomic mass is 9.98. The van der Waals surface area contributed by atoms with Crippen LogP contribution in [0.1, 0.15) is 12.8 Å². The Hall–Kier alpha value is -1.10. The van der Waals surface area contributed by atoms with Gasteiger partial charge in [-0.25, -0.2) is 0 Å². The topological polar surface area (TPSA) is 98.2 Å². The Labute approximate surface area is 70.5 Å². The maximum atomic E-state index is 11.0. The van der Waals surface area contributed by atoms with Crippen LogP contribution in [-0.4, -0.2) is 24.4 Å². The van der Waals surface area contributed by atoms with Gasteiger partial charge in [0.1, 0.15) is 0 Å². The molecule has 0 unspecified atom stereocenters. The second kappa shape index (κ2) is 3.53. The zero-order valence-corrected chi connectivity index (χ0v) is 6.75. The summed E-state index contributed by atoms with van der Waals surface area (Å²) in [7, 11) is 0. The molecule has 5 N–H and O–H groups in total. The summed E-state index contributed by atoms with van der Waals surface area (Å²) in [5.41, 5.74) is 10.6. The van der Waals surface area contributed by atoms with Gasteiger partial charge in [0.05, 0.1) is 6.04 Å². The van der Waals surface area contributed by atoms with Crippen molar-refractivity contribution in [3.63, 3.8) is 0 Å². The quantitative estimate of drug-likeness (QED) is 0.439. The Balaban J connectivity index is 2.59. The van der Waals surface area contributed by atoms with Gasteiger partial charge in [-0.3, -0.25) is 9.59 Å². The smallest absolute Gasteiger partial charge is 0.236 e. The third-order valence-corrected chi connectivity index (χ3v) is 2.07. The number of rotatable bonds is 1. The van der Waals surface area contributed by atoms with E-state index in [2.05, 4.69) is 5.32 Å². The minimum absolute atomic E-state index is 0.196. The lowest BCUT2D eigenvalue weighted by Crippen LogP contribution is -2.39. The highest BCUT2D eigenvalue weighted by Gasteiger charge is 2.26. The summed E-state index contributed by atoms with van der Waals surface area (Å²) in [5.74, 6) is -0.834. The zero-order chi connectivity index (χ0) is 9.14. The molecule has 1 fully saturated rings. The van der Waals surface area contributed by atoms with Gasteiger partial charge in [0.2, 0.25) is 11.8 Å². The molecule has 0 bridgehead atoms. The molecule has 1 heterocycles. The van der Waals surface area contributed by atoms with Crippen molar-refractivity contribution in [2.24, 2.45) is 17.4 Å². The van der Waals surface area contributed by atoms with Gasteiger partial charge in [-0.2, -0.15) is 0 Å². The molecule has 5 nitrogen and oxygen atoms in total. The van der Waals surface area contributed by atoms with Crippen molar-refractivity contribution in [3.05, 3.63) is 0 Å². The van der Waals surface area contributed by atoms with Crippen LogP contribution in [0.4, 0.5) is 0 Å². The van der Waals surface area contributed by atoms with Gasteiger partial charge in [-0.1, -0.05) is 0 Å². The first kappa shape index (κ1) is 8.99. The normalized spacial score (nSPS) is 30.6. The van der Waals surface area contributed by atoms with Crippen molar-refractivity contribution in [1.29, 1.82) is 0 Å². The number of nitrogens with two attached hydrogens (primary N) is 2. The first-order valence-electron chi connectivity index (χ1n) is 3.94. The van der Waals surface area contributed by atoms with E-state index in [-0.39, 0.29) is 17.7 Å². The predicted molar refractivity (Wildman–Crippen MR) is 42.9 cm³/mol. The molecule has 0 aromatic heterocycles. The molecule has 2 amide bonds. The lowest BCUT2D eigenvalue weighted by molar-refractivity contribution is -0.123. The number of amides is 2. The summed E-state index contributed by atoms with van der Waals surface area (Å²) in [6.45, 7) is 0.486. The number of carbonyl (C=O) groups excluding carboxylic acids is 2. The van der Waals surface area contributed by atoms with Crippen molar-refractivity contribution in [3.8, 4) is 0 Å². The van der Waals surface area contributed by atoms with E-state index in [0.29, 0.717) is 19.4 Å². The molecule has 12 heavy (non-hydrogen) atoms. The molecular formula is C7H13N3O2. The van der Waals surface area contributed by atoms with Crippen LogP contribution in [0.15, 0.2) is 0 Å². The molecule has 2 atom stereocenters. The third kappa shape index (κ3) is 1.94. The number of nitrogens with one attached hydrogen (secondary N) is 1. The van der Waals surface area contributed by atoms with Gasteiger partial charge >= 0.3 is 0 Å². The molecule has 68 valence electrons. The van der Waals surface area contributed by atoms with Crippen molar-refractivity contribution in [1.82, 2.24) is 5.32 Å². The molecule has 1 aliphatic heterocycles. The molecule has 5 heteroatoms. The maximum Gasteiger partial charge on any atom is 0.236 e. The fourth-order valence-corrected chi connectivity index (χ4v) is 1.29. The summed E-state index contributed by atoms with van der Waals surface area (Å²) in [6, 6.07) is -0.593. The summed E-state index contributed by atoms with van der Waals surface area (Å²) in [6.07, 6.45) is 0.954. The van der Waals surface area contributed by atoms with E-state index in [4.69, 9.17) is 11.5 Å². The first-order chi connectivity index (χ1) is 5.61. The van der Waals surface area contributed by atoms with E-state index in [9.17, 15) is 9.59 Å². The minimum atomic E-state index is -0.593. The van der Waals surface area contributed by atoms with E-state index in [1.165, 1.54) is 0 Å². The van der Waals surface area contributed by atoms with Crippen LogP contribution >= 0.6 is 0 Å². The second-order valence-corrected chi connectivity index (χ2v) is 3.02. The van der Waals surface area contributed by atoms with E-state index in [1.807, 2.05) is 0 Å². The van der Waals surface area contributed by atoms with Crippen molar-refractivity contribution >= 4 is 11.8 Å². The fraction of sp³-hybridized carbons (Fsp3) is 0.714. The third-order valence-electron chi connectivity index (χ3n) is 2.07. The molecule has 0 saturated carbocycles. The fourth-order valence-electron chi connectivity index (χ4n) is 1.29. The van der Waals surface area contributed by atoms with E-state index in [1.54, 1.807) is 0 Å². The highest BCUT2D eigenvalue weighted by molar-refractivity contribution is 5.84. The lowest BCUT2D eigenvalue weighted by Gasteiger charge is -2.10. The predicted octanol–water partition coefficient (Wildman–Crippen LogP) is -1.67. The van der Waals surface area contributed by atoms with E-state index < -0.39 is 6.04 Å². The molecule has 0 aromatic carbocycles. The summed E-state index contributed by atoms with van der Waals surface area (Å²) in [4.78, 5) is 21.8. The van der Waals surface area contributed by atoms with Crippen LogP contribution in [0.25, 0.3) is 0 Å². The molecular weight excluding hydrogens is 158 g/mol. The molecule has 0 aromatic rings. The average Bonchev–Trinajstić information content (AvgIpc) is 2.15. The van der Waals surface area contributed by atoms with Crippen LogP contribution in [-0.2, 0) is 9.59 Å². The van der Waals surface area contributed by atoms with Crippen LogP contribution in [0.5, 0.6) is 0 Å². The van der Waals surface area contributed by atoms with Gasteiger partial charge in [0.25, 0.3) is 0 Å². The summed E-state index contributed by atoms with van der Waals surface area (Å²) >= 11 is 0. The van der Waals surface area contributed by atoms with Crippen molar-refractivity contribution in [2.45, 2.75) is 18.9 Å². The standard InChI is InChI=1S/C7H13N3O2/c8-5-3-4(6(9)11)1-2-10-7(5)12/h4-5H,1-3,8H2,(H2,9,11)(H,10,12)/t4-,5-/m0/s1. The van der Waals surface area contributed by atoms with Gasteiger partial charge in [0.15, 0.2) is 0 Å². The Kier molecular flexibility index (Phi) is 2.65. The average molecular weight is 171 g/mol. The molecule has 1 aliphatic rings. The van der Waals surface area contributed by atoms with Crippen LogP contribution in [0.3, 0.4) is 0 Å². The zero-order valence-electron chi connectivity index (χ0n) is 6.75. The highest BCUT2D eigenvalue weighted by Crippen LogP contribution is 2.12. The number of hydrogen-bond acceptors (Lipinski definition) is 3.